The van der Waals surface area contributed by atoms with E-state index in [2.05, 4.69) is 5.32 Å². The van der Waals surface area contributed by atoms with Crippen LogP contribution < -0.4 is 10.1 Å². The molecular weight excluding hydrogens is 249 g/mol. The number of carbonyl (C=O) groups is 1. The van der Waals surface area contributed by atoms with E-state index in [4.69, 9.17) is 9.47 Å². The number of rotatable bonds is 4. The van der Waals surface area contributed by atoms with Gasteiger partial charge in [-0.1, -0.05) is 0 Å². The molecule has 104 valence electrons. The molecule has 4 nitrogen and oxygen atoms in total. The number of ether oxygens (including phenoxy) is 2. The van der Waals surface area contributed by atoms with Crippen LogP contribution in [-0.4, -0.2) is 26.2 Å². The summed E-state index contributed by atoms with van der Waals surface area (Å²) in [5.74, 6) is -0.186. The van der Waals surface area contributed by atoms with E-state index >= 15 is 0 Å². The highest BCUT2D eigenvalue weighted by molar-refractivity contribution is 5.72. The first-order chi connectivity index (χ1) is 9.20. The molecule has 1 aromatic rings. The third kappa shape index (κ3) is 3.67. The fourth-order valence-corrected chi connectivity index (χ4v) is 2.18. The van der Waals surface area contributed by atoms with Gasteiger partial charge in [0.05, 0.1) is 13.0 Å². The lowest BCUT2D eigenvalue weighted by Gasteiger charge is -2.21. The van der Waals surface area contributed by atoms with Crippen LogP contribution in [0.2, 0.25) is 0 Å². The van der Waals surface area contributed by atoms with Crippen molar-refractivity contribution in [1.29, 1.82) is 0 Å². The Morgan fingerprint density at radius 2 is 2.37 bits per heavy atom. The van der Waals surface area contributed by atoms with Gasteiger partial charge in [-0.2, -0.15) is 0 Å². The van der Waals surface area contributed by atoms with E-state index in [0.29, 0.717) is 17.9 Å². The Balaban J connectivity index is 1.94. The summed E-state index contributed by atoms with van der Waals surface area (Å²) in [5, 5.41) is 3.16. The van der Waals surface area contributed by atoms with Gasteiger partial charge >= 0.3 is 5.97 Å². The Morgan fingerprint density at radius 1 is 1.53 bits per heavy atom. The van der Waals surface area contributed by atoms with Crippen LogP contribution in [0.15, 0.2) is 18.2 Å². The molecule has 1 heterocycles. The van der Waals surface area contributed by atoms with Gasteiger partial charge in [-0.15, -0.1) is 0 Å². The summed E-state index contributed by atoms with van der Waals surface area (Å²) in [5.41, 5.74) is 0.541. The van der Waals surface area contributed by atoms with Crippen molar-refractivity contribution in [1.82, 2.24) is 5.32 Å². The Hall–Kier alpha value is -1.62. The molecule has 1 aliphatic rings. The highest BCUT2D eigenvalue weighted by atomic mass is 19.1. The van der Waals surface area contributed by atoms with Crippen molar-refractivity contribution in [3.63, 3.8) is 0 Å². The first-order valence-electron chi connectivity index (χ1n) is 6.40. The number of piperidine rings is 1. The summed E-state index contributed by atoms with van der Waals surface area (Å²) >= 11 is 0. The second-order valence-corrected chi connectivity index (χ2v) is 4.61. The molecule has 0 amide bonds. The van der Waals surface area contributed by atoms with Gasteiger partial charge in [0, 0.05) is 12.1 Å². The third-order valence-corrected chi connectivity index (χ3v) is 3.24. The molecule has 1 aromatic carbocycles. The molecule has 0 aliphatic carbocycles. The number of methoxy groups -OCH3 is 1. The number of hydrogen-bond acceptors (Lipinski definition) is 4. The van der Waals surface area contributed by atoms with Crippen molar-refractivity contribution in [2.75, 3.05) is 20.2 Å². The van der Waals surface area contributed by atoms with Gasteiger partial charge in [-0.25, -0.2) is 4.39 Å². The van der Waals surface area contributed by atoms with E-state index in [1.54, 1.807) is 0 Å². The minimum absolute atomic E-state index is 0.0380. The van der Waals surface area contributed by atoms with Crippen molar-refractivity contribution >= 4 is 5.97 Å². The molecule has 0 aromatic heterocycles. The number of nitrogens with one attached hydrogen (secondary N) is 1. The first-order valence-corrected chi connectivity index (χ1v) is 6.40. The molecule has 2 rings (SSSR count). The van der Waals surface area contributed by atoms with Gasteiger partial charge in [-0.05, 0) is 37.6 Å². The van der Waals surface area contributed by atoms with Crippen LogP contribution >= 0.6 is 0 Å². The van der Waals surface area contributed by atoms with Crippen LogP contribution in [0.5, 0.6) is 5.75 Å². The summed E-state index contributed by atoms with van der Waals surface area (Å²) in [7, 11) is 1.50. The zero-order valence-electron chi connectivity index (χ0n) is 10.9. The number of hydrogen-bond donors (Lipinski definition) is 1. The Bertz CT molecular complexity index is 444. The molecule has 0 radical (unpaired) electrons. The molecule has 5 heteroatoms. The number of benzene rings is 1. The average Bonchev–Trinajstić information content (AvgIpc) is 2.46. The maximum absolute atomic E-state index is 13.2. The van der Waals surface area contributed by atoms with Crippen molar-refractivity contribution < 1.29 is 18.7 Å². The van der Waals surface area contributed by atoms with Gasteiger partial charge in [0.15, 0.2) is 0 Å². The fraction of sp³-hybridized carbons (Fsp3) is 0.500. The van der Waals surface area contributed by atoms with Crippen LogP contribution in [0.4, 0.5) is 4.39 Å². The summed E-state index contributed by atoms with van der Waals surface area (Å²) in [6, 6.07) is 4.17. The predicted octanol–water partition coefficient (Wildman–Crippen LogP) is 1.88. The Labute approximate surface area is 111 Å². The molecular formula is C14H18FNO3. The smallest absolute Gasteiger partial charge is 0.310 e. The van der Waals surface area contributed by atoms with Crippen molar-refractivity contribution in [3.8, 4) is 5.75 Å². The number of esters is 1. The second-order valence-electron chi connectivity index (χ2n) is 4.61. The zero-order chi connectivity index (χ0) is 13.7. The molecule has 0 bridgehead atoms. The molecule has 1 aliphatic heterocycles. The lowest BCUT2D eigenvalue weighted by Crippen LogP contribution is -2.35. The van der Waals surface area contributed by atoms with Crippen LogP contribution in [0.3, 0.4) is 0 Å². The minimum atomic E-state index is -0.369. The quantitative estimate of drug-likeness (QED) is 0.846. The molecule has 1 saturated heterocycles. The molecule has 1 fully saturated rings. The maximum Gasteiger partial charge on any atom is 0.310 e. The summed E-state index contributed by atoms with van der Waals surface area (Å²) in [6.07, 6.45) is 1.81. The first kappa shape index (κ1) is 13.8. The van der Waals surface area contributed by atoms with Gasteiger partial charge in [-0.3, -0.25) is 4.79 Å². The monoisotopic (exact) mass is 267 g/mol. The molecule has 1 unspecified atom stereocenters. The lowest BCUT2D eigenvalue weighted by molar-refractivity contribution is -0.150. The summed E-state index contributed by atoms with van der Waals surface area (Å²) < 4.78 is 23.5. The lowest BCUT2D eigenvalue weighted by atomic mass is 10.0. The van der Waals surface area contributed by atoms with Gasteiger partial charge in [0.2, 0.25) is 0 Å². The summed E-state index contributed by atoms with van der Waals surface area (Å²) in [4.78, 5) is 11.9. The normalized spacial score (nSPS) is 18.9. The molecule has 19 heavy (non-hydrogen) atoms. The number of halogens is 1. The van der Waals surface area contributed by atoms with E-state index in [1.807, 2.05) is 0 Å². The van der Waals surface area contributed by atoms with Crippen molar-refractivity contribution in [2.45, 2.75) is 19.4 Å². The van der Waals surface area contributed by atoms with E-state index in [-0.39, 0.29) is 24.3 Å². The molecule has 0 spiro atoms. The molecule has 1 N–H and O–H groups in total. The zero-order valence-corrected chi connectivity index (χ0v) is 10.9. The van der Waals surface area contributed by atoms with E-state index in [0.717, 1.165) is 19.4 Å². The minimum Gasteiger partial charge on any atom is -0.496 e. The Morgan fingerprint density at radius 3 is 3.05 bits per heavy atom. The molecule has 1 atom stereocenters. The fourth-order valence-electron chi connectivity index (χ4n) is 2.18. The van der Waals surface area contributed by atoms with E-state index in [9.17, 15) is 9.18 Å². The highest BCUT2D eigenvalue weighted by Crippen LogP contribution is 2.21. The largest absolute Gasteiger partial charge is 0.496 e. The average molecular weight is 267 g/mol. The Kier molecular flexibility index (Phi) is 4.74. The van der Waals surface area contributed by atoms with Crippen LogP contribution in [-0.2, 0) is 16.1 Å². The van der Waals surface area contributed by atoms with Crippen molar-refractivity contribution in [3.05, 3.63) is 29.6 Å². The maximum atomic E-state index is 13.2. The van der Waals surface area contributed by atoms with Gasteiger partial charge in [0.25, 0.3) is 0 Å². The van der Waals surface area contributed by atoms with Crippen LogP contribution in [0.1, 0.15) is 18.4 Å². The second kappa shape index (κ2) is 6.52. The van der Waals surface area contributed by atoms with E-state index < -0.39 is 0 Å². The van der Waals surface area contributed by atoms with Crippen LogP contribution in [0, 0.1) is 11.7 Å². The SMILES string of the molecule is COc1ccc(F)cc1COC(=O)C1CCCNC1. The topological polar surface area (TPSA) is 47.6 Å². The van der Waals surface area contributed by atoms with E-state index in [1.165, 1.54) is 25.3 Å². The number of carbonyl (C=O) groups excluding carboxylic acids is 1. The standard InChI is InChI=1S/C14H18FNO3/c1-18-13-5-4-12(15)7-11(13)9-19-14(17)10-3-2-6-16-8-10/h4-5,7,10,16H,2-3,6,8-9H2,1H3. The highest BCUT2D eigenvalue weighted by Gasteiger charge is 2.22. The molecule has 0 saturated carbocycles. The van der Waals surface area contributed by atoms with Gasteiger partial charge < -0.3 is 14.8 Å². The van der Waals surface area contributed by atoms with Gasteiger partial charge in [0.1, 0.15) is 18.2 Å². The summed E-state index contributed by atoms with van der Waals surface area (Å²) in [6.45, 7) is 1.64. The van der Waals surface area contributed by atoms with Crippen LogP contribution in [0.25, 0.3) is 0 Å². The third-order valence-electron chi connectivity index (χ3n) is 3.24. The van der Waals surface area contributed by atoms with Crippen molar-refractivity contribution in [2.24, 2.45) is 5.92 Å². The predicted molar refractivity (Wildman–Crippen MR) is 68.3 cm³/mol.